The third-order valence-electron chi connectivity index (χ3n) is 7.63. The van der Waals surface area contributed by atoms with E-state index in [9.17, 15) is 14.7 Å². The number of carbonyl (C=O) groups excluding carboxylic acids is 1. The van der Waals surface area contributed by atoms with Gasteiger partial charge in [0.2, 0.25) is 11.5 Å². The molecule has 2 aromatic rings. The Balaban J connectivity index is 1.35. The highest BCUT2D eigenvalue weighted by molar-refractivity contribution is 7.99. The quantitative estimate of drug-likeness (QED) is 0.191. The second-order valence-electron chi connectivity index (χ2n) is 10.3. The predicted octanol–water partition coefficient (Wildman–Crippen LogP) is 2.80. The zero-order valence-corrected chi connectivity index (χ0v) is 23.8. The van der Waals surface area contributed by atoms with E-state index in [1.165, 1.54) is 0 Å². The molecule has 1 aromatic heterocycles. The molecule has 0 aliphatic carbocycles. The average Bonchev–Trinajstić information content (AvgIpc) is 2.88. The van der Waals surface area contributed by atoms with Crippen molar-refractivity contribution in [1.29, 1.82) is 0 Å². The summed E-state index contributed by atoms with van der Waals surface area (Å²) in [5.74, 6) is 0.268. The number of nitrogens with one attached hydrogen (secondary N) is 1. The lowest BCUT2D eigenvalue weighted by atomic mass is 9.88. The molecule has 9 nitrogen and oxygen atoms in total. The normalized spacial score (nSPS) is 27.0. The summed E-state index contributed by atoms with van der Waals surface area (Å²) in [4.78, 5) is 26.8. The van der Waals surface area contributed by atoms with Gasteiger partial charge in [0.1, 0.15) is 17.3 Å². The van der Waals surface area contributed by atoms with Crippen molar-refractivity contribution in [3.05, 3.63) is 39.7 Å². The molecule has 3 heterocycles. The number of hydrogen-bond donors (Lipinski definition) is 2. The highest BCUT2D eigenvalue weighted by atomic mass is 32.2. The molecule has 1 fully saturated rings. The minimum Gasteiger partial charge on any atom is -0.462 e. The zero-order valence-electron chi connectivity index (χ0n) is 23.0. The Kier molecular flexibility index (Phi) is 9.54. The van der Waals surface area contributed by atoms with Crippen LogP contribution in [0.15, 0.2) is 28.0 Å². The van der Waals surface area contributed by atoms with Crippen molar-refractivity contribution >= 4 is 28.6 Å². The van der Waals surface area contributed by atoms with E-state index < -0.39 is 17.9 Å². The monoisotopic (exact) mass is 549 g/mol. The highest BCUT2D eigenvalue weighted by Crippen LogP contribution is 2.34. The highest BCUT2D eigenvalue weighted by Gasteiger charge is 2.49. The molecule has 0 spiro atoms. The van der Waals surface area contributed by atoms with Crippen LogP contribution in [0, 0.1) is 0 Å². The Morgan fingerprint density at radius 3 is 2.87 bits per heavy atom. The van der Waals surface area contributed by atoms with Gasteiger partial charge in [0, 0.05) is 48.3 Å². The minimum atomic E-state index is -0.829. The van der Waals surface area contributed by atoms with Crippen molar-refractivity contribution in [1.82, 2.24) is 9.88 Å². The fourth-order valence-electron chi connectivity index (χ4n) is 5.56. The lowest BCUT2D eigenvalue weighted by Gasteiger charge is -2.42. The van der Waals surface area contributed by atoms with Crippen LogP contribution in [0.2, 0.25) is 0 Å². The van der Waals surface area contributed by atoms with Crippen LogP contribution in [0.25, 0.3) is 10.9 Å². The van der Waals surface area contributed by atoms with E-state index in [2.05, 4.69) is 22.9 Å². The van der Waals surface area contributed by atoms with Gasteiger partial charge in [0.05, 0.1) is 18.7 Å². The van der Waals surface area contributed by atoms with Crippen molar-refractivity contribution in [2.75, 3.05) is 39.2 Å². The smallest absolute Gasteiger partial charge is 0.343 e. The molecule has 0 bridgehead atoms. The molecule has 2 unspecified atom stereocenters. The van der Waals surface area contributed by atoms with Crippen molar-refractivity contribution < 1.29 is 28.8 Å². The van der Waals surface area contributed by atoms with Crippen molar-refractivity contribution in [3.8, 4) is 0 Å². The molecule has 2 aliphatic rings. The maximum absolute atomic E-state index is 13.3. The lowest BCUT2D eigenvalue weighted by Crippen LogP contribution is -2.58. The van der Waals surface area contributed by atoms with Gasteiger partial charge in [-0.05, 0) is 58.2 Å². The number of pyridine rings is 1. The molecule has 1 saturated heterocycles. The molecule has 10 heteroatoms. The standard InChI is InChI=1S/C28H40N2O7S/c1-6-35-27(33)22-16-30-17(2)7-8-19-13-20(14-21(24(19)30)25(22)32)38-12-10-29-9-11-36-26-18(3)37-23(31)15-28(26,4)34-5/h13-14,16-18,23,26,29,31H,6-12,15H2,1-5H3/p+1/t17?,18-,23+,26?,28+/m0/s1. The van der Waals surface area contributed by atoms with Gasteiger partial charge < -0.3 is 33.9 Å². The van der Waals surface area contributed by atoms with E-state index in [4.69, 9.17) is 18.9 Å². The largest absolute Gasteiger partial charge is 0.462 e. The lowest BCUT2D eigenvalue weighted by molar-refractivity contribution is -0.311. The number of aryl methyl sites for hydroxylation is 1. The maximum atomic E-state index is 13.3. The van der Waals surface area contributed by atoms with Gasteiger partial charge in [-0.2, -0.15) is 0 Å². The Hall–Kier alpha value is -1.95. The first kappa shape index (κ1) is 29.0. The summed E-state index contributed by atoms with van der Waals surface area (Å²) < 4.78 is 23.2. The number of hydrogen-bond acceptors (Lipinski definition) is 8. The number of carbonyl (C=O) groups is 1. The van der Waals surface area contributed by atoms with Crippen LogP contribution >= 0.6 is 11.8 Å². The summed E-state index contributed by atoms with van der Waals surface area (Å²) in [7, 11) is 1.65. The van der Waals surface area contributed by atoms with E-state index in [-0.39, 0.29) is 35.8 Å². The Morgan fingerprint density at radius 1 is 1.34 bits per heavy atom. The molecule has 210 valence electrons. The van der Waals surface area contributed by atoms with Crippen molar-refractivity contribution in [2.24, 2.45) is 0 Å². The van der Waals surface area contributed by atoms with Crippen LogP contribution < -0.4 is 10.7 Å². The molecule has 0 radical (unpaired) electrons. The number of benzene rings is 1. The molecule has 1 aromatic carbocycles. The van der Waals surface area contributed by atoms with Gasteiger partial charge in [-0.25, -0.2) is 4.79 Å². The van der Waals surface area contributed by atoms with Crippen LogP contribution in [-0.4, -0.2) is 83.6 Å². The van der Waals surface area contributed by atoms with Crippen molar-refractivity contribution in [3.63, 3.8) is 0 Å². The molecule has 2 aliphatic heterocycles. The van der Waals surface area contributed by atoms with Gasteiger partial charge in [-0.1, -0.05) is 0 Å². The molecule has 0 amide bonds. The van der Waals surface area contributed by atoms with Gasteiger partial charge in [0.25, 0.3) is 0 Å². The molecule has 4 rings (SSSR count). The number of methoxy groups -OCH3 is 1. The summed E-state index contributed by atoms with van der Waals surface area (Å²) in [6.07, 6.45) is 2.74. The number of esters is 1. The molecule has 0 saturated carbocycles. The Morgan fingerprint density at radius 2 is 2.13 bits per heavy atom. The first-order valence-electron chi connectivity index (χ1n) is 13.5. The summed E-state index contributed by atoms with van der Waals surface area (Å²) in [5, 5.41) is 13.9. The van der Waals surface area contributed by atoms with E-state index in [1.807, 2.05) is 19.9 Å². The van der Waals surface area contributed by atoms with Crippen LogP contribution in [0.3, 0.4) is 0 Å². The average molecular weight is 550 g/mol. The van der Waals surface area contributed by atoms with E-state index in [0.29, 0.717) is 18.4 Å². The number of aliphatic hydroxyl groups excluding tert-OH is 1. The second-order valence-corrected chi connectivity index (χ2v) is 11.5. The van der Waals surface area contributed by atoms with Gasteiger partial charge in [-0.3, -0.25) is 4.79 Å². The number of rotatable bonds is 11. The summed E-state index contributed by atoms with van der Waals surface area (Å²) in [5.41, 5.74) is 1.37. The molecule has 3 N–H and O–H groups in total. The fraction of sp³-hybridized carbons (Fsp3) is 0.643. The van der Waals surface area contributed by atoms with Crippen LogP contribution in [0.5, 0.6) is 0 Å². The fourth-order valence-corrected chi connectivity index (χ4v) is 6.47. The number of ether oxygens (including phenoxy) is 4. The van der Waals surface area contributed by atoms with Crippen LogP contribution in [-0.2, 0) is 20.6 Å². The van der Waals surface area contributed by atoms with Crippen LogP contribution in [0.1, 0.15) is 62.5 Å². The minimum absolute atomic E-state index is 0.100. The van der Waals surface area contributed by atoms with Crippen molar-refractivity contribution in [2.45, 2.75) is 82.0 Å². The summed E-state index contributed by atoms with van der Waals surface area (Å²) in [6, 6.07) is 4.31. The second kappa shape index (κ2) is 12.5. The number of aromatic nitrogens is 1. The third kappa shape index (κ3) is 6.11. The third-order valence-corrected chi connectivity index (χ3v) is 8.61. The maximum Gasteiger partial charge on any atom is 0.343 e. The first-order valence-corrected chi connectivity index (χ1v) is 14.4. The van der Waals surface area contributed by atoms with E-state index in [1.54, 1.807) is 32.0 Å². The summed E-state index contributed by atoms with van der Waals surface area (Å²) in [6.45, 7) is 10.1. The van der Waals surface area contributed by atoms with Gasteiger partial charge in [0.15, 0.2) is 12.9 Å². The number of aliphatic hydroxyl groups is 3. The number of thioether (sulfide) groups is 1. The van der Waals surface area contributed by atoms with Crippen LogP contribution in [0.4, 0.5) is 0 Å². The molecule has 38 heavy (non-hydrogen) atoms. The predicted molar refractivity (Wildman–Crippen MR) is 148 cm³/mol. The van der Waals surface area contributed by atoms with Gasteiger partial charge >= 0.3 is 5.97 Å². The molecule has 5 atom stereocenters. The zero-order chi connectivity index (χ0) is 27.4. The van der Waals surface area contributed by atoms with E-state index in [0.717, 1.165) is 47.7 Å². The molecular weight excluding hydrogens is 508 g/mol. The number of nitrogens with zero attached hydrogens (tertiary/aromatic N) is 1. The van der Waals surface area contributed by atoms with Gasteiger partial charge in [-0.15, -0.1) is 11.8 Å². The van der Waals surface area contributed by atoms with E-state index >= 15 is 0 Å². The Bertz CT molecular complexity index is 1200. The molecular formula is C28H41N2O7S+. The SMILES string of the molecule is CCOC(=O)c1cn2c3c(cc(SCCNCC[OH+]C4[C@H](C)O[C@@H](O)C[C@@]4(C)OC)cc3c1=O)CCC2C. The summed E-state index contributed by atoms with van der Waals surface area (Å²) >= 11 is 1.69. The topological polar surface area (TPSA) is 112 Å². The Labute approximate surface area is 228 Å². The first-order chi connectivity index (χ1) is 18.2.